The fourth-order valence-electron chi connectivity index (χ4n) is 3.24. The van der Waals surface area contributed by atoms with Crippen LogP contribution in [0.5, 0.6) is 0 Å². The minimum atomic E-state index is -0.408. The number of hydrogen-bond acceptors (Lipinski definition) is 7. The molecule has 1 atom stereocenters. The van der Waals surface area contributed by atoms with E-state index in [-0.39, 0.29) is 18.2 Å². The number of H-pyrrole nitrogens is 2. The first-order valence-corrected chi connectivity index (χ1v) is 9.99. The molecule has 0 aliphatic rings. The number of hydrogen-bond donors (Lipinski definition) is 4. The molecule has 30 heavy (non-hydrogen) atoms. The van der Waals surface area contributed by atoms with Crippen molar-refractivity contribution in [3.8, 4) is 11.1 Å². The summed E-state index contributed by atoms with van der Waals surface area (Å²) >= 11 is 1.44. The van der Waals surface area contributed by atoms with Crippen LogP contribution in [-0.4, -0.2) is 52.8 Å². The molecule has 0 saturated heterocycles. The summed E-state index contributed by atoms with van der Waals surface area (Å²) in [6.07, 6.45) is 6.71. The number of nitrogens with zero attached hydrogens (tertiary/aromatic N) is 5. The zero-order valence-corrected chi connectivity index (χ0v) is 16.3. The first-order valence-electron chi connectivity index (χ1n) is 9.04. The van der Waals surface area contributed by atoms with E-state index in [0.29, 0.717) is 11.1 Å². The standard InChI is InChI=1S/C19H16N8O2S/c28-8-17(16-9-30-10-20-16)27-7-13(6-23-27)24-19(29)18-14-2-1-11(3-15(14)25-26-18)12-4-21-22-5-12/h1-7,9-10,17,28H,8H2,(H,21,22)(H,24,29)(H,25,26)/t17-/m1/s1. The molecule has 0 saturated carbocycles. The van der Waals surface area contributed by atoms with Crippen molar-refractivity contribution in [2.75, 3.05) is 11.9 Å². The van der Waals surface area contributed by atoms with Crippen LogP contribution in [0.2, 0.25) is 0 Å². The summed E-state index contributed by atoms with van der Waals surface area (Å²) in [7, 11) is 0. The second-order valence-electron chi connectivity index (χ2n) is 6.59. The van der Waals surface area contributed by atoms with Crippen molar-refractivity contribution < 1.29 is 9.90 Å². The first-order chi connectivity index (χ1) is 14.7. The Morgan fingerprint density at radius 1 is 1.30 bits per heavy atom. The molecule has 4 aromatic heterocycles. The third-order valence-electron chi connectivity index (χ3n) is 4.75. The average molecular weight is 420 g/mol. The maximum atomic E-state index is 12.8. The van der Waals surface area contributed by atoms with Gasteiger partial charge in [-0.2, -0.15) is 15.3 Å². The van der Waals surface area contributed by atoms with Gasteiger partial charge < -0.3 is 10.4 Å². The number of aliphatic hydroxyl groups excluding tert-OH is 1. The molecule has 150 valence electrons. The number of carbonyl (C=O) groups excluding carboxylic acids is 1. The van der Waals surface area contributed by atoms with Crippen molar-refractivity contribution in [1.29, 1.82) is 0 Å². The highest BCUT2D eigenvalue weighted by Crippen LogP contribution is 2.25. The molecule has 1 aromatic carbocycles. The van der Waals surface area contributed by atoms with E-state index in [1.807, 2.05) is 23.6 Å². The Morgan fingerprint density at radius 2 is 2.23 bits per heavy atom. The Bertz CT molecular complexity index is 1290. The monoisotopic (exact) mass is 420 g/mol. The van der Waals surface area contributed by atoms with Crippen LogP contribution in [-0.2, 0) is 0 Å². The van der Waals surface area contributed by atoms with Gasteiger partial charge in [-0.3, -0.25) is 19.7 Å². The van der Waals surface area contributed by atoms with E-state index in [1.54, 1.807) is 28.8 Å². The maximum Gasteiger partial charge on any atom is 0.276 e. The smallest absolute Gasteiger partial charge is 0.276 e. The summed E-state index contributed by atoms with van der Waals surface area (Å²) in [6.45, 7) is -0.151. The lowest BCUT2D eigenvalue weighted by Gasteiger charge is -2.11. The highest BCUT2D eigenvalue weighted by molar-refractivity contribution is 7.07. The number of fused-ring (bicyclic) bond motifs is 1. The fourth-order valence-corrected chi connectivity index (χ4v) is 3.84. The fraction of sp³-hybridized carbons (Fsp3) is 0.105. The molecule has 0 bridgehead atoms. The van der Waals surface area contributed by atoms with Gasteiger partial charge in [0.15, 0.2) is 5.69 Å². The summed E-state index contributed by atoms with van der Waals surface area (Å²) in [6, 6.07) is 5.28. The van der Waals surface area contributed by atoms with Gasteiger partial charge in [-0.15, -0.1) is 11.3 Å². The predicted octanol–water partition coefficient (Wildman–Crippen LogP) is 2.44. The molecule has 10 nitrogen and oxygen atoms in total. The van der Waals surface area contributed by atoms with E-state index in [4.69, 9.17) is 0 Å². The van der Waals surface area contributed by atoms with Crippen molar-refractivity contribution in [3.63, 3.8) is 0 Å². The zero-order valence-electron chi connectivity index (χ0n) is 15.5. The average Bonchev–Trinajstić information content (AvgIpc) is 3.55. The lowest BCUT2D eigenvalue weighted by atomic mass is 10.1. The Morgan fingerprint density at radius 3 is 3.00 bits per heavy atom. The lowest BCUT2D eigenvalue weighted by molar-refractivity contribution is 0.102. The third kappa shape index (κ3) is 3.25. The number of thiazole rings is 1. The van der Waals surface area contributed by atoms with Gasteiger partial charge in [0.25, 0.3) is 5.91 Å². The van der Waals surface area contributed by atoms with Crippen molar-refractivity contribution in [2.24, 2.45) is 0 Å². The van der Waals surface area contributed by atoms with Gasteiger partial charge in [0.1, 0.15) is 6.04 Å². The van der Waals surface area contributed by atoms with Crippen molar-refractivity contribution in [3.05, 3.63) is 65.3 Å². The van der Waals surface area contributed by atoms with Crippen molar-refractivity contribution in [1.82, 2.24) is 35.2 Å². The van der Waals surface area contributed by atoms with E-state index in [2.05, 4.69) is 35.8 Å². The summed E-state index contributed by atoms with van der Waals surface area (Å²) in [5, 5.41) is 33.1. The highest BCUT2D eigenvalue weighted by Gasteiger charge is 2.19. The topological polar surface area (TPSA) is 137 Å². The Balaban J connectivity index is 1.37. The summed E-state index contributed by atoms with van der Waals surface area (Å²) in [5.41, 5.74) is 5.86. The normalized spacial score (nSPS) is 12.3. The Hall–Kier alpha value is -3.83. The van der Waals surface area contributed by atoms with Gasteiger partial charge in [0.2, 0.25) is 0 Å². The molecule has 4 heterocycles. The highest BCUT2D eigenvalue weighted by atomic mass is 32.1. The minimum absolute atomic E-state index is 0.151. The van der Waals surface area contributed by atoms with Crippen LogP contribution in [0.25, 0.3) is 22.0 Å². The largest absolute Gasteiger partial charge is 0.394 e. The molecule has 5 aromatic rings. The molecule has 4 N–H and O–H groups in total. The van der Waals surface area contributed by atoms with E-state index in [0.717, 1.165) is 22.3 Å². The van der Waals surface area contributed by atoms with E-state index in [9.17, 15) is 9.90 Å². The van der Waals surface area contributed by atoms with Gasteiger partial charge in [-0.05, 0) is 17.7 Å². The SMILES string of the molecule is O=C(Nc1cnn([C@H](CO)c2cscn2)c1)c1n[nH]c2cc(-c3cn[nH]c3)ccc12. The maximum absolute atomic E-state index is 12.8. The molecule has 5 rings (SSSR count). The zero-order chi connectivity index (χ0) is 20.5. The molecule has 1 amide bonds. The lowest BCUT2D eigenvalue weighted by Crippen LogP contribution is -2.16. The van der Waals surface area contributed by atoms with Crippen LogP contribution < -0.4 is 5.32 Å². The molecular formula is C19H16N8O2S. The van der Waals surface area contributed by atoms with Crippen LogP contribution in [0.3, 0.4) is 0 Å². The minimum Gasteiger partial charge on any atom is -0.394 e. The van der Waals surface area contributed by atoms with E-state index in [1.165, 1.54) is 17.5 Å². The predicted molar refractivity (Wildman–Crippen MR) is 111 cm³/mol. The number of aromatic nitrogens is 7. The number of anilines is 1. The van der Waals surface area contributed by atoms with Crippen LogP contribution in [0, 0.1) is 0 Å². The Kier molecular flexibility index (Phi) is 4.58. The van der Waals surface area contributed by atoms with Gasteiger partial charge in [0, 0.05) is 28.7 Å². The number of aromatic amines is 2. The number of carbonyl (C=O) groups is 1. The summed E-state index contributed by atoms with van der Waals surface area (Å²) in [4.78, 5) is 17.0. The van der Waals surface area contributed by atoms with Crippen LogP contribution in [0.1, 0.15) is 22.2 Å². The molecular weight excluding hydrogens is 404 g/mol. The molecule has 11 heteroatoms. The molecule has 0 unspecified atom stereocenters. The molecule has 0 spiro atoms. The van der Waals surface area contributed by atoms with Crippen LogP contribution in [0.4, 0.5) is 5.69 Å². The first kappa shape index (κ1) is 18.2. The number of amides is 1. The summed E-state index contributed by atoms with van der Waals surface area (Å²) in [5.74, 6) is -0.355. The van der Waals surface area contributed by atoms with Crippen LogP contribution in [0.15, 0.2) is 53.9 Å². The Labute approximate surface area is 173 Å². The van der Waals surface area contributed by atoms with Gasteiger partial charge >= 0.3 is 0 Å². The van der Waals surface area contributed by atoms with E-state index >= 15 is 0 Å². The number of rotatable bonds is 6. The van der Waals surface area contributed by atoms with Crippen molar-refractivity contribution in [2.45, 2.75) is 6.04 Å². The number of aliphatic hydroxyl groups is 1. The van der Waals surface area contributed by atoms with E-state index < -0.39 is 6.04 Å². The second kappa shape index (κ2) is 7.54. The third-order valence-corrected chi connectivity index (χ3v) is 5.36. The number of nitrogens with one attached hydrogen (secondary N) is 3. The number of benzene rings is 1. The molecule has 0 aliphatic carbocycles. The second-order valence-corrected chi connectivity index (χ2v) is 7.31. The van der Waals surface area contributed by atoms with Gasteiger partial charge in [-0.25, -0.2) is 4.98 Å². The van der Waals surface area contributed by atoms with Gasteiger partial charge in [0.05, 0.1) is 41.4 Å². The quantitative estimate of drug-likeness (QED) is 0.333. The van der Waals surface area contributed by atoms with Gasteiger partial charge in [-0.1, -0.05) is 6.07 Å². The van der Waals surface area contributed by atoms with Crippen LogP contribution >= 0.6 is 11.3 Å². The summed E-state index contributed by atoms with van der Waals surface area (Å²) < 4.78 is 1.57. The molecule has 0 aliphatic heterocycles. The molecule has 0 radical (unpaired) electrons. The van der Waals surface area contributed by atoms with Crippen molar-refractivity contribution >= 4 is 33.8 Å². The molecule has 0 fully saturated rings.